The molecule has 0 aromatic carbocycles. The van der Waals surface area contributed by atoms with Crippen molar-refractivity contribution in [2.75, 3.05) is 25.1 Å². The van der Waals surface area contributed by atoms with Gasteiger partial charge >= 0.3 is 0 Å². The van der Waals surface area contributed by atoms with Gasteiger partial charge in [-0.3, -0.25) is 0 Å². The van der Waals surface area contributed by atoms with Gasteiger partial charge in [0.15, 0.2) is 0 Å². The summed E-state index contributed by atoms with van der Waals surface area (Å²) < 4.78 is 9.62. The molecule has 0 spiro atoms. The molecule has 0 unspecified atom stereocenters. The quantitative estimate of drug-likeness (QED) is 0.346. The van der Waals surface area contributed by atoms with Crippen molar-refractivity contribution in [1.82, 2.24) is 0 Å². The minimum absolute atomic E-state index is 0.323. The zero-order chi connectivity index (χ0) is 6.24. The molecule has 0 saturated carbocycles. The number of thiol groups is 2. The smallest absolute Gasteiger partial charge is 0.147 e. The van der Waals surface area contributed by atoms with E-state index in [4.69, 9.17) is 9.47 Å². The van der Waals surface area contributed by atoms with Gasteiger partial charge < -0.3 is 9.47 Å². The lowest BCUT2D eigenvalue weighted by atomic mass is 10.9. The van der Waals surface area contributed by atoms with Crippen molar-refractivity contribution >= 4 is 25.3 Å². The zero-order valence-electron chi connectivity index (χ0n) is 4.54. The maximum Gasteiger partial charge on any atom is 0.147 e. The van der Waals surface area contributed by atoms with Crippen molar-refractivity contribution in [2.45, 2.75) is 0 Å². The van der Waals surface area contributed by atoms with Gasteiger partial charge in [-0.2, -0.15) is 25.3 Å². The van der Waals surface area contributed by atoms with Crippen LogP contribution < -0.4 is 0 Å². The second kappa shape index (κ2) is 7.62. The normalized spacial score (nSPS) is 9.75. The number of hydrogen-bond donors (Lipinski definition) is 2. The highest BCUT2D eigenvalue weighted by Crippen LogP contribution is 1.81. The van der Waals surface area contributed by atoms with Crippen molar-refractivity contribution in [3.8, 4) is 0 Å². The van der Waals surface area contributed by atoms with E-state index >= 15 is 0 Å². The lowest BCUT2D eigenvalue weighted by Crippen LogP contribution is -2.00. The first-order valence-corrected chi connectivity index (χ1v) is 3.55. The van der Waals surface area contributed by atoms with Gasteiger partial charge in [-0.25, -0.2) is 0 Å². The summed E-state index contributed by atoms with van der Waals surface area (Å²) in [5.74, 6) is 1.14. The Labute approximate surface area is 60.4 Å². The highest BCUT2D eigenvalue weighted by molar-refractivity contribution is 7.80. The summed E-state index contributed by atoms with van der Waals surface area (Å²) in [6.45, 7) is 0.959. The van der Waals surface area contributed by atoms with Crippen LogP contribution in [0.2, 0.25) is 0 Å². The van der Waals surface area contributed by atoms with Gasteiger partial charge in [0.2, 0.25) is 0 Å². The van der Waals surface area contributed by atoms with E-state index in [0.717, 1.165) is 5.75 Å². The van der Waals surface area contributed by atoms with Crippen molar-refractivity contribution in [3.63, 3.8) is 0 Å². The van der Waals surface area contributed by atoms with Crippen LogP contribution >= 0.6 is 25.3 Å². The zero-order valence-corrected chi connectivity index (χ0v) is 6.33. The van der Waals surface area contributed by atoms with E-state index in [0.29, 0.717) is 19.3 Å². The average molecular weight is 154 g/mol. The topological polar surface area (TPSA) is 18.5 Å². The fourth-order valence-corrected chi connectivity index (χ4v) is 0.423. The van der Waals surface area contributed by atoms with Crippen LogP contribution in [-0.4, -0.2) is 25.1 Å². The first-order valence-electron chi connectivity index (χ1n) is 2.29. The van der Waals surface area contributed by atoms with Crippen LogP contribution in [0.3, 0.4) is 0 Å². The molecule has 2 nitrogen and oxygen atoms in total. The Morgan fingerprint density at radius 2 is 1.88 bits per heavy atom. The van der Waals surface area contributed by atoms with E-state index in [2.05, 4.69) is 25.3 Å². The second-order valence-corrected chi connectivity index (χ2v) is 1.79. The molecule has 0 aliphatic heterocycles. The first kappa shape index (κ1) is 8.62. The van der Waals surface area contributed by atoms with Gasteiger partial charge in [-0.05, 0) is 0 Å². The maximum atomic E-state index is 4.88. The molecule has 0 aromatic heterocycles. The van der Waals surface area contributed by atoms with Gasteiger partial charge in [0.25, 0.3) is 0 Å². The highest BCUT2D eigenvalue weighted by atomic mass is 32.1. The fraction of sp³-hybridized carbons (Fsp3) is 1.00. The van der Waals surface area contributed by atoms with Gasteiger partial charge in [0.05, 0.1) is 12.5 Å². The third-order valence-corrected chi connectivity index (χ3v) is 0.859. The molecule has 0 atom stereocenters. The van der Waals surface area contributed by atoms with Crippen LogP contribution in [0.15, 0.2) is 0 Å². The molecule has 50 valence electrons. The molecule has 8 heavy (non-hydrogen) atoms. The maximum absolute atomic E-state index is 4.88. The predicted molar refractivity (Wildman–Crippen MR) is 39.6 cm³/mol. The molecule has 0 bridgehead atoms. The second-order valence-electron chi connectivity index (χ2n) is 1.08. The Hall–Kier alpha value is 0.620. The molecule has 0 amide bonds. The molecule has 0 aliphatic rings. The van der Waals surface area contributed by atoms with Crippen molar-refractivity contribution in [2.24, 2.45) is 0 Å². The van der Waals surface area contributed by atoms with Gasteiger partial charge in [0, 0.05) is 5.75 Å². The Bertz CT molecular complexity index is 37.0. The minimum Gasteiger partial charge on any atom is -0.355 e. The van der Waals surface area contributed by atoms with E-state index in [1.54, 1.807) is 0 Å². The molecular weight excluding hydrogens is 144 g/mol. The van der Waals surface area contributed by atoms with Crippen LogP contribution in [0.1, 0.15) is 0 Å². The summed E-state index contributed by atoms with van der Waals surface area (Å²) >= 11 is 7.72. The van der Waals surface area contributed by atoms with Crippen molar-refractivity contribution < 1.29 is 9.47 Å². The van der Waals surface area contributed by atoms with Gasteiger partial charge in [-0.1, -0.05) is 0 Å². The van der Waals surface area contributed by atoms with Crippen LogP contribution in [0.4, 0.5) is 0 Å². The van der Waals surface area contributed by atoms with Crippen LogP contribution in [-0.2, 0) is 9.47 Å². The van der Waals surface area contributed by atoms with E-state index in [1.807, 2.05) is 0 Å². The molecule has 0 aliphatic carbocycles. The molecular formula is C4H10O2S2. The van der Waals surface area contributed by atoms with Crippen molar-refractivity contribution in [1.29, 1.82) is 0 Å². The van der Waals surface area contributed by atoms with E-state index in [9.17, 15) is 0 Å². The fourth-order valence-electron chi connectivity index (χ4n) is 0.220. The monoisotopic (exact) mass is 154 g/mol. The van der Waals surface area contributed by atoms with Crippen LogP contribution in [0.5, 0.6) is 0 Å². The molecule has 0 rings (SSSR count). The largest absolute Gasteiger partial charge is 0.355 e. The molecule has 0 aromatic rings. The first-order chi connectivity index (χ1) is 3.91. The standard InChI is InChI=1S/C4H10O2S2/c7-2-1-5-3-6-4-8/h7-8H,1-4H2. The van der Waals surface area contributed by atoms with Gasteiger partial charge in [-0.15, -0.1) is 0 Å². The van der Waals surface area contributed by atoms with E-state index < -0.39 is 0 Å². The molecule has 0 N–H and O–H groups in total. The molecule has 0 radical (unpaired) electrons. The number of hydrogen-bond acceptors (Lipinski definition) is 4. The summed E-state index contributed by atoms with van der Waals surface area (Å²) in [7, 11) is 0. The van der Waals surface area contributed by atoms with Gasteiger partial charge in [0.1, 0.15) is 6.79 Å². The average Bonchev–Trinajstić information content (AvgIpc) is 1.81. The van der Waals surface area contributed by atoms with Crippen LogP contribution in [0.25, 0.3) is 0 Å². The lowest BCUT2D eigenvalue weighted by molar-refractivity contribution is -0.0296. The molecule has 0 saturated heterocycles. The highest BCUT2D eigenvalue weighted by Gasteiger charge is 1.81. The van der Waals surface area contributed by atoms with Crippen molar-refractivity contribution in [3.05, 3.63) is 0 Å². The summed E-state index contributed by atoms with van der Waals surface area (Å²) in [4.78, 5) is 0. The summed E-state index contributed by atoms with van der Waals surface area (Å²) in [6.07, 6.45) is 0. The Kier molecular flexibility index (Phi) is 8.21. The SMILES string of the molecule is SCCOCOCS. The lowest BCUT2D eigenvalue weighted by Gasteiger charge is -1.98. The van der Waals surface area contributed by atoms with E-state index in [1.165, 1.54) is 0 Å². The minimum atomic E-state index is 0.323. The number of ether oxygens (including phenoxy) is 2. The Morgan fingerprint density at radius 1 is 1.12 bits per heavy atom. The Balaban J connectivity index is 2.53. The summed E-state index contributed by atoms with van der Waals surface area (Å²) in [5, 5.41) is 0. The van der Waals surface area contributed by atoms with E-state index in [-0.39, 0.29) is 0 Å². The number of rotatable bonds is 5. The van der Waals surface area contributed by atoms with Crippen LogP contribution in [0, 0.1) is 0 Å². The molecule has 0 fully saturated rings. The summed E-state index contributed by atoms with van der Waals surface area (Å²) in [5.41, 5.74) is 0. The molecule has 4 heteroatoms. The predicted octanol–water partition coefficient (Wildman–Crippen LogP) is 0.794. The Morgan fingerprint density at radius 3 is 2.38 bits per heavy atom. The summed E-state index contributed by atoms with van der Waals surface area (Å²) in [6, 6.07) is 0. The third kappa shape index (κ3) is 6.62. The third-order valence-electron chi connectivity index (χ3n) is 0.494. The molecule has 0 heterocycles.